The van der Waals surface area contributed by atoms with Gasteiger partial charge >= 0.3 is 0 Å². The van der Waals surface area contributed by atoms with E-state index in [2.05, 4.69) is 0 Å². The van der Waals surface area contributed by atoms with E-state index in [1.807, 2.05) is 22.6 Å². The molecular formula is C23H17Cl4FN2O3S2. The molecule has 1 N–H and O–H groups in total. The molecular weight excluding hydrogens is 577 g/mol. The molecule has 12 heteroatoms. The van der Waals surface area contributed by atoms with Gasteiger partial charge in [0.25, 0.3) is 15.9 Å². The molecule has 1 aliphatic rings. The summed E-state index contributed by atoms with van der Waals surface area (Å²) in [4.78, 5) is 14.5. The Hall–Kier alpha value is -1.81. The van der Waals surface area contributed by atoms with E-state index >= 15 is 0 Å². The number of hydrogen-bond acceptors (Lipinski definition) is 5. The van der Waals surface area contributed by atoms with Crippen LogP contribution in [-0.2, 0) is 21.4 Å². The third-order valence-corrected chi connectivity index (χ3v) is 9.66. The number of carbonyl (C=O) groups excluding carboxylic acids is 1. The molecule has 0 spiro atoms. The van der Waals surface area contributed by atoms with E-state index in [4.69, 9.17) is 46.4 Å². The fraction of sp³-hybridized carbons (Fsp3) is 0.174. The van der Waals surface area contributed by atoms with Crippen molar-refractivity contribution in [2.24, 2.45) is 0 Å². The zero-order chi connectivity index (χ0) is 25.5. The average molecular weight is 594 g/mol. The lowest BCUT2D eigenvalue weighted by Gasteiger charge is -2.22. The van der Waals surface area contributed by atoms with Crippen LogP contribution in [0.3, 0.4) is 0 Å². The molecule has 2 aromatic carbocycles. The maximum Gasteiger partial charge on any atom is 0.273 e. The number of anilines is 1. The van der Waals surface area contributed by atoms with Crippen molar-refractivity contribution < 1.29 is 17.6 Å². The first kappa shape index (κ1) is 26.3. The minimum atomic E-state index is -4.16. The van der Waals surface area contributed by atoms with Gasteiger partial charge in [-0.3, -0.25) is 4.79 Å². The van der Waals surface area contributed by atoms with Gasteiger partial charge in [0, 0.05) is 46.4 Å². The van der Waals surface area contributed by atoms with Crippen LogP contribution in [0.4, 0.5) is 10.1 Å². The summed E-state index contributed by atoms with van der Waals surface area (Å²) in [6.07, 6.45) is 2.43. The molecule has 1 atom stereocenters. The highest BCUT2D eigenvalue weighted by atomic mass is 35.5. The normalized spacial score (nSPS) is 15.6. The minimum Gasteiger partial charge on any atom is -0.366 e. The van der Waals surface area contributed by atoms with Gasteiger partial charge in [-0.2, -0.15) is 0 Å². The highest BCUT2D eigenvalue weighted by Gasteiger charge is 2.29. The fourth-order valence-electron chi connectivity index (χ4n) is 3.87. The van der Waals surface area contributed by atoms with Crippen molar-refractivity contribution >= 4 is 85.4 Å². The Balaban J connectivity index is 1.61. The Kier molecular flexibility index (Phi) is 7.71. The highest BCUT2D eigenvalue weighted by molar-refractivity contribution is 7.92. The predicted molar refractivity (Wildman–Crippen MR) is 141 cm³/mol. The quantitative estimate of drug-likeness (QED) is 0.308. The van der Waals surface area contributed by atoms with E-state index in [1.165, 1.54) is 18.2 Å². The van der Waals surface area contributed by atoms with Gasteiger partial charge in [0.1, 0.15) is 14.4 Å². The molecule has 1 aliphatic heterocycles. The van der Waals surface area contributed by atoms with Crippen molar-refractivity contribution in [3.05, 3.63) is 84.4 Å². The van der Waals surface area contributed by atoms with Crippen LogP contribution < -0.4 is 9.62 Å². The molecule has 1 unspecified atom stereocenters. The monoisotopic (exact) mass is 592 g/mol. The van der Waals surface area contributed by atoms with E-state index in [0.717, 1.165) is 40.3 Å². The summed E-state index contributed by atoms with van der Waals surface area (Å²) in [5.41, 5.74) is 2.80. The lowest BCUT2D eigenvalue weighted by molar-refractivity contribution is -0.114. The summed E-state index contributed by atoms with van der Waals surface area (Å²) < 4.78 is 41.2. The van der Waals surface area contributed by atoms with E-state index < -0.39 is 21.7 Å². The second kappa shape index (κ2) is 10.3. The zero-order valence-electron chi connectivity index (χ0n) is 18.0. The Bertz CT molecular complexity index is 1440. The number of fused-ring (bicyclic) bond motifs is 1. The van der Waals surface area contributed by atoms with Crippen LogP contribution in [0.15, 0.2) is 46.7 Å². The average Bonchev–Trinajstić information content (AvgIpc) is 3.27. The number of nitrogens with one attached hydrogen (secondary N) is 1. The molecule has 0 aliphatic carbocycles. The number of thiophene rings is 1. The molecule has 0 radical (unpaired) electrons. The zero-order valence-corrected chi connectivity index (χ0v) is 22.6. The summed E-state index contributed by atoms with van der Waals surface area (Å²) >= 11 is 24.7. The van der Waals surface area contributed by atoms with E-state index in [-0.39, 0.29) is 19.5 Å². The van der Waals surface area contributed by atoms with Crippen molar-refractivity contribution in [1.82, 2.24) is 4.72 Å². The van der Waals surface area contributed by atoms with Crippen LogP contribution in [0.5, 0.6) is 0 Å². The van der Waals surface area contributed by atoms with Crippen LogP contribution in [0.25, 0.3) is 6.08 Å². The lowest BCUT2D eigenvalue weighted by Crippen LogP contribution is -2.28. The van der Waals surface area contributed by atoms with Crippen LogP contribution in [0, 0.1) is 5.82 Å². The maximum absolute atomic E-state index is 14.4. The number of rotatable bonds is 6. The second-order valence-corrected chi connectivity index (χ2v) is 12.8. The number of amides is 1. The number of halogens is 5. The molecule has 1 amide bonds. The van der Waals surface area contributed by atoms with E-state index in [9.17, 15) is 17.6 Å². The molecule has 0 bridgehead atoms. The predicted octanol–water partition coefficient (Wildman–Crippen LogP) is 7.14. The first-order valence-electron chi connectivity index (χ1n) is 10.2. The summed E-state index contributed by atoms with van der Waals surface area (Å²) in [6.45, 7) is 3.03. The molecule has 0 saturated carbocycles. The van der Waals surface area contributed by atoms with Gasteiger partial charge in [-0.15, -0.1) is 11.3 Å². The largest absolute Gasteiger partial charge is 0.366 e. The Morgan fingerprint density at radius 1 is 1.17 bits per heavy atom. The Labute approximate surface area is 226 Å². The van der Waals surface area contributed by atoms with Gasteiger partial charge in [0.05, 0.1) is 5.02 Å². The number of hydrogen-bond donors (Lipinski definition) is 1. The first-order chi connectivity index (χ1) is 16.4. The smallest absolute Gasteiger partial charge is 0.273 e. The van der Waals surface area contributed by atoms with Gasteiger partial charge in [0.15, 0.2) is 0 Å². The molecule has 35 heavy (non-hydrogen) atoms. The van der Waals surface area contributed by atoms with Crippen molar-refractivity contribution in [2.45, 2.75) is 23.6 Å². The van der Waals surface area contributed by atoms with Crippen LogP contribution in [-0.4, -0.2) is 20.9 Å². The highest BCUT2D eigenvalue weighted by Crippen LogP contribution is 2.41. The van der Waals surface area contributed by atoms with Gasteiger partial charge in [-0.25, -0.2) is 17.5 Å². The van der Waals surface area contributed by atoms with Crippen LogP contribution >= 0.6 is 57.7 Å². The Morgan fingerprint density at radius 3 is 2.57 bits per heavy atom. The summed E-state index contributed by atoms with van der Waals surface area (Å²) in [5.74, 6) is -1.33. The topological polar surface area (TPSA) is 66.5 Å². The standard InChI is InChI=1S/C23H17Cl4FN2O3S2/c1-12-10-30(11-14-2-4-15(24)7-18(14)25)22-13(6-16(28)8-17(12)22)3-5-20(31)29-35(32,33)21-9-19(26)23(27)34-21/h2-9,12H,10-11H2,1H3,(H,29,31)/b5-3+. The number of benzene rings is 2. The van der Waals surface area contributed by atoms with Crippen molar-refractivity contribution in [3.8, 4) is 0 Å². The molecule has 184 valence electrons. The van der Waals surface area contributed by atoms with Crippen LogP contribution in [0.1, 0.15) is 29.5 Å². The SMILES string of the molecule is CC1CN(Cc2ccc(Cl)cc2Cl)c2c(/C=C/C(=O)NS(=O)(=O)c3cc(Cl)c(Cl)s3)cc(F)cc21. The van der Waals surface area contributed by atoms with Gasteiger partial charge in [0.2, 0.25) is 0 Å². The summed E-state index contributed by atoms with van der Waals surface area (Å²) in [5, 5.41) is 1.11. The molecule has 1 aromatic heterocycles. The lowest BCUT2D eigenvalue weighted by atomic mass is 10.00. The number of carbonyl (C=O) groups is 1. The second-order valence-electron chi connectivity index (χ2n) is 7.94. The van der Waals surface area contributed by atoms with E-state index in [0.29, 0.717) is 28.7 Å². The molecule has 3 aromatic rings. The van der Waals surface area contributed by atoms with E-state index in [1.54, 1.807) is 12.1 Å². The first-order valence-corrected chi connectivity index (χ1v) is 14.0. The van der Waals surface area contributed by atoms with Gasteiger partial charge in [-0.05, 0) is 47.5 Å². The molecule has 2 heterocycles. The third-order valence-electron chi connectivity index (χ3n) is 5.39. The molecule has 0 fully saturated rings. The Morgan fingerprint density at radius 2 is 1.91 bits per heavy atom. The van der Waals surface area contributed by atoms with Crippen molar-refractivity contribution in [1.29, 1.82) is 0 Å². The van der Waals surface area contributed by atoms with Crippen molar-refractivity contribution in [2.75, 3.05) is 11.4 Å². The number of sulfonamides is 1. The molecule has 0 saturated heterocycles. The third kappa shape index (κ3) is 5.79. The minimum absolute atomic E-state index is 0.0291. The maximum atomic E-state index is 14.4. The summed E-state index contributed by atoms with van der Waals surface area (Å²) in [7, 11) is -4.16. The fourth-order valence-corrected chi connectivity index (χ4v) is 7.16. The van der Waals surface area contributed by atoms with Crippen LogP contribution in [0.2, 0.25) is 19.4 Å². The summed E-state index contributed by atoms with van der Waals surface area (Å²) in [6, 6.07) is 9.15. The number of nitrogens with zero attached hydrogens (tertiary/aromatic N) is 1. The van der Waals surface area contributed by atoms with Gasteiger partial charge in [-0.1, -0.05) is 59.4 Å². The van der Waals surface area contributed by atoms with Crippen molar-refractivity contribution in [3.63, 3.8) is 0 Å². The molecule has 4 rings (SSSR count). The molecule has 5 nitrogen and oxygen atoms in total. The van der Waals surface area contributed by atoms with Gasteiger partial charge < -0.3 is 4.90 Å².